The number of ether oxygens (including phenoxy) is 2. The lowest BCUT2D eigenvalue weighted by Crippen LogP contribution is -2.54. The Morgan fingerprint density at radius 1 is 0.930 bits per heavy atom. The number of halogens is 1. The molecule has 3 aromatic rings. The van der Waals surface area contributed by atoms with E-state index in [1.54, 1.807) is 12.1 Å². The van der Waals surface area contributed by atoms with Crippen LogP contribution in [0.5, 0.6) is 11.5 Å². The maximum atomic E-state index is 14.3. The number of methoxy groups -OCH3 is 2. The summed E-state index contributed by atoms with van der Waals surface area (Å²) >= 11 is 3.45. The molecule has 1 fully saturated rings. The first-order valence-electron chi connectivity index (χ1n) is 14.2. The summed E-state index contributed by atoms with van der Waals surface area (Å²) in [7, 11) is -0.972. The van der Waals surface area contributed by atoms with Crippen molar-refractivity contribution in [1.29, 1.82) is 0 Å². The van der Waals surface area contributed by atoms with Gasteiger partial charge in [0, 0.05) is 29.5 Å². The van der Waals surface area contributed by atoms with Gasteiger partial charge in [0.1, 0.15) is 12.6 Å². The summed E-state index contributed by atoms with van der Waals surface area (Å²) in [5, 5.41) is 3.17. The number of rotatable bonds is 13. The fourth-order valence-corrected chi connectivity index (χ4v) is 6.41. The molecule has 0 aliphatic heterocycles. The second-order valence-corrected chi connectivity index (χ2v) is 13.5. The lowest BCUT2D eigenvalue weighted by atomic mass is 10.0. The van der Waals surface area contributed by atoms with Crippen LogP contribution < -0.4 is 19.1 Å². The topological polar surface area (TPSA) is 105 Å². The van der Waals surface area contributed by atoms with E-state index in [1.165, 1.54) is 25.2 Å². The quantitative estimate of drug-likeness (QED) is 0.276. The highest BCUT2D eigenvalue weighted by Gasteiger charge is 2.34. The first-order chi connectivity index (χ1) is 20.6. The molecule has 0 spiro atoms. The normalized spacial score (nSPS) is 14.1. The molecule has 43 heavy (non-hydrogen) atoms. The van der Waals surface area contributed by atoms with Crippen molar-refractivity contribution in [3.63, 3.8) is 0 Å². The Balaban J connectivity index is 1.73. The molecule has 1 aliphatic carbocycles. The average Bonchev–Trinajstić information content (AvgIpc) is 3.51. The van der Waals surface area contributed by atoms with Crippen LogP contribution in [0.15, 0.2) is 77.3 Å². The molecular weight excluding hydrogens is 634 g/mol. The minimum Gasteiger partial charge on any atom is -0.493 e. The molecule has 1 N–H and O–H groups in total. The minimum absolute atomic E-state index is 0.0506. The Bertz CT molecular complexity index is 1500. The number of carbonyl (C=O) groups is 2. The molecule has 9 nitrogen and oxygen atoms in total. The average molecular weight is 673 g/mol. The molecule has 3 aromatic carbocycles. The van der Waals surface area contributed by atoms with Crippen molar-refractivity contribution >= 4 is 43.5 Å². The number of nitrogens with one attached hydrogen (secondary N) is 1. The highest BCUT2D eigenvalue weighted by Crippen LogP contribution is 2.32. The fraction of sp³-hybridized carbons (Fsp3) is 0.375. The van der Waals surface area contributed by atoms with Crippen LogP contribution in [0.4, 0.5) is 5.69 Å². The fourth-order valence-electron chi connectivity index (χ4n) is 5.30. The van der Waals surface area contributed by atoms with Crippen molar-refractivity contribution in [2.45, 2.75) is 50.7 Å². The van der Waals surface area contributed by atoms with Crippen LogP contribution in [-0.4, -0.2) is 64.2 Å². The van der Waals surface area contributed by atoms with Gasteiger partial charge in [-0.2, -0.15) is 0 Å². The van der Waals surface area contributed by atoms with Gasteiger partial charge in [-0.25, -0.2) is 8.42 Å². The molecule has 2 amide bonds. The Morgan fingerprint density at radius 3 is 2.19 bits per heavy atom. The summed E-state index contributed by atoms with van der Waals surface area (Å²) in [4.78, 5) is 29.7. The monoisotopic (exact) mass is 671 g/mol. The van der Waals surface area contributed by atoms with Crippen molar-refractivity contribution in [2.24, 2.45) is 0 Å². The summed E-state index contributed by atoms with van der Waals surface area (Å²) < 4.78 is 38.7. The van der Waals surface area contributed by atoms with E-state index in [0.29, 0.717) is 11.5 Å². The second kappa shape index (κ2) is 14.7. The molecule has 0 aromatic heterocycles. The standard InChI is InChI=1S/C32H38BrN3O6S/c1-41-29-18-17-27(20-30(29)42-2)36(43(3,39)40)22-31(37)35(21-24-13-15-25(33)16-14-24)28(19-23-9-5-4-6-10-23)32(38)34-26-11-7-8-12-26/h4-6,9-10,13-18,20,26,28H,7-8,11-12,19,21-22H2,1-3H3,(H,34,38). The zero-order valence-corrected chi connectivity index (χ0v) is 27.1. The minimum atomic E-state index is -3.91. The Morgan fingerprint density at radius 2 is 1.58 bits per heavy atom. The van der Waals surface area contributed by atoms with Crippen molar-refractivity contribution in [3.05, 3.63) is 88.4 Å². The van der Waals surface area contributed by atoms with Gasteiger partial charge in [0.25, 0.3) is 0 Å². The number of nitrogens with zero attached hydrogens (tertiary/aromatic N) is 2. The van der Waals surface area contributed by atoms with E-state index in [9.17, 15) is 18.0 Å². The maximum absolute atomic E-state index is 14.3. The summed E-state index contributed by atoms with van der Waals surface area (Å²) in [5.41, 5.74) is 1.94. The van der Waals surface area contributed by atoms with Gasteiger partial charge < -0.3 is 19.7 Å². The maximum Gasteiger partial charge on any atom is 0.244 e. The van der Waals surface area contributed by atoms with E-state index in [0.717, 1.165) is 51.8 Å². The first-order valence-corrected chi connectivity index (χ1v) is 16.8. The first kappa shape index (κ1) is 32.3. The summed E-state index contributed by atoms with van der Waals surface area (Å²) in [6, 6.07) is 20.9. The molecule has 1 aliphatic rings. The second-order valence-electron chi connectivity index (χ2n) is 10.7. The molecule has 1 atom stereocenters. The molecule has 1 unspecified atom stereocenters. The lowest BCUT2D eigenvalue weighted by molar-refractivity contribution is -0.140. The van der Waals surface area contributed by atoms with Gasteiger partial charge in [0.05, 0.1) is 26.2 Å². The molecule has 0 saturated heterocycles. The van der Waals surface area contributed by atoms with E-state index >= 15 is 0 Å². The molecular formula is C32H38BrN3O6S. The van der Waals surface area contributed by atoms with Crippen LogP contribution in [0.3, 0.4) is 0 Å². The summed E-state index contributed by atoms with van der Waals surface area (Å²) in [6.07, 6.45) is 5.20. The van der Waals surface area contributed by atoms with Crippen molar-refractivity contribution in [3.8, 4) is 11.5 Å². The predicted octanol–water partition coefficient (Wildman–Crippen LogP) is 4.93. The zero-order valence-electron chi connectivity index (χ0n) is 24.7. The number of hydrogen-bond acceptors (Lipinski definition) is 6. The number of carbonyl (C=O) groups excluding carboxylic acids is 2. The third kappa shape index (κ3) is 8.73. The molecule has 0 heterocycles. The number of hydrogen-bond donors (Lipinski definition) is 1. The Hall–Kier alpha value is -3.57. The van der Waals surface area contributed by atoms with Gasteiger partial charge in [-0.05, 0) is 48.2 Å². The van der Waals surface area contributed by atoms with Gasteiger partial charge in [-0.1, -0.05) is 71.2 Å². The van der Waals surface area contributed by atoms with E-state index in [1.807, 2.05) is 54.6 Å². The smallest absolute Gasteiger partial charge is 0.244 e. The van der Waals surface area contributed by atoms with Gasteiger partial charge in [0.2, 0.25) is 21.8 Å². The molecule has 4 rings (SSSR count). The highest BCUT2D eigenvalue weighted by atomic mass is 79.9. The summed E-state index contributed by atoms with van der Waals surface area (Å²) in [5.74, 6) is -0.0102. The Kier molecular flexibility index (Phi) is 11.1. The van der Waals surface area contributed by atoms with Gasteiger partial charge in [-0.15, -0.1) is 0 Å². The van der Waals surface area contributed by atoms with Crippen LogP contribution in [0, 0.1) is 0 Å². The van der Waals surface area contributed by atoms with Crippen LogP contribution in [0.1, 0.15) is 36.8 Å². The van der Waals surface area contributed by atoms with Crippen LogP contribution in [0.2, 0.25) is 0 Å². The Labute approximate surface area is 262 Å². The SMILES string of the molecule is COc1ccc(N(CC(=O)N(Cc2ccc(Br)cc2)C(Cc2ccccc2)C(=O)NC2CCCC2)S(C)(=O)=O)cc1OC. The third-order valence-corrected chi connectivity index (χ3v) is 9.24. The number of benzene rings is 3. The zero-order chi connectivity index (χ0) is 31.0. The lowest BCUT2D eigenvalue weighted by Gasteiger charge is -2.34. The van der Waals surface area contributed by atoms with E-state index in [4.69, 9.17) is 9.47 Å². The summed E-state index contributed by atoms with van der Waals surface area (Å²) in [6.45, 7) is -0.391. The predicted molar refractivity (Wildman–Crippen MR) is 171 cm³/mol. The third-order valence-electron chi connectivity index (χ3n) is 7.57. The van der Waals surface area contributed by atoms with Crippen molar-refractivity contribution in [1.82, 2.24) is 10.2 Å². The van der Waals surface area contributed by atoms with Gasteiger partial charge in [-0.3, -0.25) is 13.9 Å². The van der Waals surface area contributed by atoms with Crippen LogP contribution >= 0.6 is 15.9 Å². The number of sulfonamides is 1. The van der Waals surface area contributed by atoms with E-state index < -0.39 is 28.5 Å². The van der Waals surface area contributed by atoms with Crippen molar-refractivity contribution in [2.75, 3.05) is 31.3 Å². The van der Waals surface area contributed by atoms with Crippen LogP contribution in [-0.2, 0) is 32.6 Å². The van der Waals surface area contributed by atoms with Gasteiger partial charge >= 0.3 is 0 Å². The van der Waals surface area contributed by atoms with E-state index in [2.05, 4.69) is 21.2 Å². The molecule has 230 valence electrons. The molecule has 1 saturated carbocycles. The molecule has 0 radical (unpaired) electrons. The number of amides is 2. The molecule has 0 bridgehead atoms. The van der Waals surface area contributed by atoms with E-state index in [-0.39, 0.29) is 30.6 Å². The highest BCUT2D eigenvalue weighted by molar-refractivity contribution is 9.10. The van der Waals surface area contributed by atoms with Crippen molar-refractivity contribution < 1.29 is 27.5 Å². The molecule has 11 heteroatoms. The van der Waals surface area contributed by atoms with Crippen LogP contribution in [0.25, 0.3) is 0 Å². The largest absolute Gasteiger partial charge is 0.493 e. The number of anilines is 1. The van der Waals surface area contributed by atoms with Gasteiger partial charge in [0.15, 0.2) is 11.5 Å².